The molecule has 0 spiro atoms. The van der Waals surface area contributed by atoms with Gasteiger partial charge in [-0.3, -0.25) is 9.69 Å². The number of amides is 1. The summed E-state index contributed by atoms with van der Waals surface area (Å²) in [6, 6.07) is 15.4. The fourth-order valence-electron chi connectivity index (χ4n) is 2.94. The maximum absolute atomic E-state index is 13.0. The average Bonchev–Trinajstić information content (AvgIpc) is 2.96. The van der Waals surface area contributed by atoms with Gasteiger partial charge in [-0.25, -0.2) is 0 Å². The van der Waals surface area contributed by atoms with Crippen LogP contribution in [0.3, 0.4) is 0 Å². The second-order valence-corrected chi connectivity index (χ2v) is 7.63. The summed E-state index contributed by atoms with van der Waals surface area (Å²) >= 11 is 6.80. The molecule has 1 amide bonds. The molecule has 0 saturated carbocycles. The number of ether oxygens (including phenoxy) is 2. The van der Waals surface area contributed by atoms with Crippen LogP contribution in [0.5, 0.6) is 11.5 Å². The van der Waals surface area contributed by atoms with Crippen LogP contribution in [-0.4, -0.2) is 28.8 Å². The van der Waals surface area contributed by atoms with Gasteiger partial charge in [0.2, 0.25) is 0 Å². The molecule has 1 aliphatic rings. The highest BCUT2D eigenvalue weighted by Crippen LogP contribution is 2.40. The van der Waals surface area contributed by atoms with Crippen molar-refractivity contribution in [3.8, 4) is 11.5 Å². The lowest BCUT2D eigenvalue weighted by atomic mass is 10.1. The van der Waals surface area contributed by atoms with Gasteiger partial charge < -0.3 is 9.47 Å². The third-order valence-corrected chi connectivity index (χ3v) is 5.63. The van der Waals surface area contributed by atoms with Crippen molar-refractivity contribution in [1.82, 2.24) is 4.90 Å². The Morgan fingerprint density at radius 1 is 1.19 bits per heavy atom. The Kier molecular flexibility index (Phi) is 6.19. The number of methoxy groups -OCH3 is 1. The monoisotopic (exact) mass is 399 g/mol. The number of carbonyl (C=O) groups is 1. The number of thioether (sulfide) groups is 1. The molecule has 0 bridgehead atoms. The number of carbonyl (C=O) groups excluding carboxylic acids is 1. The van der Waals surface area contributed by atoms with E-state index in [1.807, 2.05) is 68.5 Å². The molecular formula is C21H21NO3S2. The zero-order valence-corrected chi connectivity index (χ0v) is 17.1. The summed E-state index contributed by atoms with van der Waals surface area (Å²) in [5.74, 6) is 1.18. The van der Waals surface area contributed by atoms with Crippen LogP contribution in [-0.2, 0) is 4.79 Å². The second kappa shape index (κ2) is 8.59. The first kappa shape index (κ1) is 19.5. The maximum Gasteiger partial charge on any atom is 0.266 e. The van der Waals surface area contributed by atoms with Gasteiger partial charge in [0.25, 0.3) is 5.91 Å². The van der Waals surface area contributed by atoms with Crippen LogP contribution in [0.1, 0.15) is 31.0 Å². The van der Waals surface area contributed by atoms with Gasteiger partial charge in [0.05, 0.1) is 24.7 Å². The van der Waals surface area contributed by atoms with Crippen molar-refractivity contribution in [2.24, 2.45) is 0 Å². The van der Waals surface area contributed by atoms with Crippen LogP contribution >= 0.6 is 24.0 Å². The van der Waals surface area contributed by atoms with E-state index in [1.165, 1.54) is 11.8 Å². The lowest BCUT2D eigenvalue weighted by Gasteiger charge is -2.23. The molecule has 0 aromatic heterocycles. The van der Waals surface area contributed by atoms with Crippen molar-refractivity contribution < 1.29 is 14.3 Å². The Bertz CT molecular complexity index is 880. The van der Waals surface area contributed by atoms with Gasteiger partial charge in [-0.05, 0) is 31.6 Å². The minimum atomic E-state index is -0.124. The summed E-state index contributed by atoms with van der Waals surface area (Å²) in [7, 11) is 1.60. The second-order valence-electron chi connectivity index (χ2n) is 5.95. The predicted octanol–water partition coefficient (Wildman–Crippen LogP) is 5.06. The van der Waals surface area contributed by atoms with Crippen LogP contribution in [0.25, 0.3) is 6.08 Å². The highest BCUT2D eigenvalue weighted by molar-refractivity contribution is 8.26. The molecule has 0 N–H and O–H groups in total. The Balaban J connectivity index is 1.93. The average molecular weight is 400 g/mol. The van der Waals surface area contributed by atoms with Gasteiger partial charge in [0.15, 0.2) is 11.5 Å². The van der Waals surface area contributed by atoms with Gasteiger partial charge in [0.1, 0.15) is 4.32 Å². The molecular weight excluding hydrogens is 378 g/mol. The van der Waals surface area contributed by atoms with Crippen molar-refractivity contribution in [2.75, 3.05) is 13.7 Å². The SMILES string of the molecule is CCOc1c(/C=C2/SC(=S)N([C@@H](C)c3ccccc3)C2=O)cccc1OC. The molecule has 2 aromatic rings. The molecule has 4 nitrogen and oxygen atoms in total. The van der Waals surface area contributed by atoms with Crippen molar-refractivity contribution in [3.63, 3.8) is 0 Å². The summed E-state index contributed by atoms with van der Waals surface area (Å²) in [5, 5.41) is 0. The number of hydrogen-bond donors (Lipinski definition) is 0. The zero-order valence-electron chi connectivity index (χ0n) is 15.5. The summed E-state index contributed by atoms with van der Waals surface area (Å²) in [4.78, 5) is 15.3. The van der Waals surface area contributed by atoms with E-state index >= 15 is 0 Å². The first-order valence-electron chi connectivity index (χ1n) is 8.68. The van der Waals surface area contributed by atoms with E-state index in [-0.39, 0.29) is 11.9 Å². The van der Waals surface area contributed by atoms with Crippen molar-refractivity contribution in [3.05, 3.63) is 64.6 Å². The third-order valence-electron chi connectivity index (χ3n) is 4.30. The van der Waals surface area contributed by atoms with Crippen LogP contribution in [0.15, 0.2) is 53.4 Å². The molecule has 27 heavy (non-hydrogen) atoms. The minimum Gasteiger partial charge on any atom is -0.493 e. The predicted molar refractivity (Wildman–Crippen MR) is 114 cm³/mol. The maximum atomic E-state index is 13.0. The number of benzene rings is 2. The third kappa shape index (κ3) is 4.01. The molecule has 3 rings (SSSR count). The van der Waals surface area contributed by atoms with Gasteiger partial charge in [-0.2, -0.15) is 0 Å². The lowest BCUT2D eigenvalue weighted by molar-refractivity contribution is -0.123. The van der Waals surface area contributed by atoms with Crippen LogP contribution in [0.2, 0.25) is 0 Å². The van der Waals surface area contributed by atoms with Crippen LogP contribution in [0.4, 0.5) is 0 Å². The fourth-order valence-corrected chi connectivity index (χ4v) is 4.35. The topological polar surface area (TPSA) is 38.8 Å². The number of hydrogen-bond acceptors (Lipinski definition) is 5. The van der Waals surface area contributed by atoms with Crippen molar-refractivity contribution in [2.45, 2.75) is 19.9 Å². The minimum absolute atomic E-state index is 0.0911. The van der Waals surface area contributed by atoms with E-state index in [2.05, 4.69) is 0 Å². The number of rotatable bonds is 6. The highest BCUT2D eigenvalue weighted by atomic mass is 32.2. The number of para-hydroxylation sites is 1. The zero-order chi connectivity index (χ0) is 19.4. The first-order chi connectivity index (χ1) is 13.1. The van der Waals surface area contributed by atoms with Gasteiger partial charge >= 0.3 is 0 Å². The molecule has 0 unspecified atom stereocenters. The van der Waals surface area contributed by atoms with E-state index in [9.17, 15) is 4.79 Å². The van der Waals surface area contributed by atoms with E-state index in [1.54, 1.807) is 12.0 Å². The number of thiocarbonyl (C=S) groups is 1. The molecule has 1 saturated heterocycles. The van der Waals surface area contributed by atoms with E-state index < -0.39 is 0 Å². The molecule has 6 heteroatoms. The lowest BCUT2D eigenvalue weighted by Crippen LogP contribution is -2.30. The quantitative estimate of drug-likeness (QED) is 0.502. The Morgan fingerprint density at radius 2 is 1.93 bits per heavy atom. The normalized spacial score (nSPS) is 16.7. The largest absolute Gasteiger partial charge is 0.493 e. The summed E-state index contributed by atoms with van der Waals surface area (Å²) in [5.41, 5.74) is 1.84. The molecule has 1 heterocycles. The standard InChI is InChI=1S/C21H21NO3S2/c1-4-25-19-16(11-8-12-17(19)24-3)13-18-20(23)22(21(26)27-18)14(2)15-9-6-5-7-10-15/h5-14H,4H2,1-3H3/b18-13+/t14-/m0/s1. The van der Waals surface area contributed by atoms with Crippen molar-refractivity contribution in [1.29, 1.82) is 0 Å². The van der Waals surface area contributed by atoms with E-state index in [0.717, 1.165) is 11.1 Å². The number of nitrogens with zero attached hydrogens (tertiary/aromatic N) is 1. The molecule has 0 aliphatic carbocycles. The summed E-state index contributed by atoms with van der Waals surface area (Å²) in [6.45, 7) is 4.41. The Hall–Kier alpha value is -2.31. The molecule has 0 radical (unpaired) electrons. The highest BCUT2D eigenvalue weighted by Gasteiger charge is 2.36. The van der Waals surface area contributed by atoms with Crippen molar-refractivity contribution >= 4 is 40.3 Å². The van der Waals surface area contributed by atoms with Crippen LogP contribution in [0, 0.1) is 0 Å². The molecule has 140 valence electrons. The van der Waals surface area contributed by atoms with Gasteiger partial charge in [-0.15, -0.1) is 0 Å². The van der Waals surface area contributed by atoms with Gasteiger partial charge in [-0.1, -0.05) is 66.4 Å². The fraction of sp³-hybridized carbons (Fsp3) is 0.238. The molecule has 2 aromatic carbocycles. The first-order valence-corrected chi connectivity index (χ1v) is 9.91. The smallest absolute Gasteiger partial charge is 0.266 e. The molecule has 1 fully saturated rings. The summed E-state index contributed by atoms with van der Waals surface area (Å²) in [6.07, 6.45) is 1.82. The molecule has 1 aliphatic heterocycles. The van der Waals surface area contributed by atoms with E-state index in [0.29, 0.717) is 27.3 Å². The summed E-state index contributed by atoms with van der Waals surface area (Å²) < 4.78 is 11.7. The van der Waals surface area contributed by atoms with Gasteiger partial charge in [0, 0.05) is 5.56 Å². The Labute approximate surface area is 169 Å². The molecule has 1 atom stereocenters. The van der Waals surface area contributed by atoms with Crippen LogP contribution < -0.4 is 9.47 Å². The van der Waals surface area contributed by atoms with E-state index in [4.69, 9.17) is 21.7 Å². The Morgan fingerprint density at radius 3 is 2.59 bits per heavy atom.